The molecule has 6 heteroatoms. The Morgan fingerprint density at radius 3 is 2.22 bits per heavy atom. The fraction of sp³-hybridized carbons (Fsp3) is 0.167. The van der Waals surface area contributed by atoms with E-state index < -0.39 is 11.7 Å². The van der Waals surface area contributed by atoms with E-state index in [2.05, 4.69) is 9.97 Å². The Kier molecular flexibility index (Phi) is 3.29. The highest BCUT2D eigenvalue weighted by atomic mass is 19.4. The molecule has 0 amide bonds. The van der Waals surface area contributed by atoms with Gasteiger partial charge in [-0.05, 0) is 24.3 Å². The molecule has 0 radical (unpaired) electrons. The van der Waals surface area contributed by atoms with Crippen LogP contribution >= 0.6 is 0 Å². The van der Waals surface area contributed by atoms with E-state index in [1.807, 2.05) is 0 Å². The highest BCUT2D eigenvalue weighted by Crippen LogP contribution is 2.29. The number of alkyl halides is 3. The highest BCUT2D eigenvalue weighted by molar-refractivity contribution is 5.57. The molecule has 0 aliphatic rings. The minimum absolute atomic E-state index is 0.180. The van der Waals surface area contributed by atoms with Crippen LogP contribution in [0.2, 0.25) is 0 Å². The summed E-state index contributed by atoms with van der Waals surface area (Å²) < 4.78 is 37.0. The van der Waals surface area contributed by atoms with Crippen LogP contribution in [0.25, 0.3) is 11.3 Å². The van der Waals surface area contributed by atoms with Gasteiger partial charge in [0, 0.05) is 18.0 Å². The molecule has 0 aliphatic heterocycles. The summed E-state index contributed by atoms with van der Waals surface area (Å²) in [7, 11) is 0. The van der Waals surface area contributed by atoms with Crippen molar-refractivity contribution in [1.29, 1.82) is 0 Å². The second kappa shape index (κ2) is 4.73. The van der Waals surface area contributed by atoms with Crippen molar-refractivity contribution in [2.45, 2.75) is 12.8 Å². The summed E-state index contributed by atoms with van der Waals surface area (Å²) in [5.41, 5.74) is 0.706. The van der Waals surface area contributed by atoms with Crippen molar-refractivity contribution >= 4 is 0 Å². The lowest BCUT2D eigenvalue weighted by atomic mass is 10.1. The lowest BCUT2D eigenvalue weighted by Crippen LogP contribution is -2.05. The number of rotatable bonds is 2. The summed E-state index contributed by atoms with van der Waals surface area (Å²) >= 11 is 0. The maximum Gasteiger partial charge on any atom is 0.417 e. The molecule has 94 valence electrons. The molecule has 2 rings (SSSR count). The van der Waals surface area contributed by atoms with Gasteiger partial charge in [0.05, 0.1) is 23.6 Å². The van der Waals surface area contributed by atoms with Crippen molar-refractivity contribution in [3.63, 3.8) is 0 Å². The van der Waals surface area contributed by atoms with Crippen LogP contribution in [0.1, 0.15) is 11.3 Å². The number of hydrogen-bond donors (Lipinski definition) is 1. The zero-order valence-corrected chi connectivity index (χ0v) is 9.15. The zero-order chi connectivity index (χ0) is 13.2. The molecule has 0 saturated heterocycles. The van der Waals surface area contributed by atoms with Crippen LogP contribution in [0.15, 0.2) is 36.7 Å². The first-order chi connectivity index (χ1) is 8.50. The molecular formula is C12H9F3N2O. The number of aliphatic hydroxyl groups is 1. The molecule has 0 aromatic carbocycles. The van der Waals surface area contributed by atoms with Crippen molar-refractivity contribution in [1.82, 2.24) is 9.97 Å². The van der Waals surface area contributed by atoms with Gasteiger partial charge in [-0.2, -0.15) is 13.2 Å². The van der Waals surface area contributed by atoms with Gasteiger partial charge < -0.3 is 5.11 Å². The quantitative estimate of drug-likeness (QED) is 0.896. The Morgan fingerprint density at radius 2 is 1.78 bits per heavy atom. The number of aromatic nitrogens is 2. The Hall–Kier alpha value is -1.95. The van der Waals surface area contributed by atoms with Gasteiger partial charge in [-0.25, -0.2) is 0 Å². The van der Waals surface area contributed by atoms with E-state index in [1.54, 1.807) is 12.1 Å². The first-order valence-electron chi connectivity index (χ1n) is 5.10. The maximum atomic E-state index is 12.3. The summed E-state index contributed by atoms with van der Waals surface area (Å²) in [5, 5.41) is 8.82. The summed E-state index contributed by atoms with van der Waals surface area (Å²) in [5.74, 6) is 0. The highest BCUT2D eigenvalue weighted by Gasteiger charge is 2.30. The molecule has 0 saturated carbocycles. The SMILES string of the molecule is OCc1ccc(-c2ccc(C(F)(F)F)cn2)cn1. The minimum atomic E-state index is -4.38. The molecule has 0 unspecified atom stereocenters. The van der Waals surface area contributed by atoms with Crippen molar-refractivity contribution in [2.75, 3.05) is 0 Å². The topological polar surface area (TPSA) is 46.0 Å². The smallest absolute Gasteiger partial charge is 0.390 e. The van der Waals surface area contributed by atoms with E-state index >= 15 is 0 Å². The third-order valence-corrected chi connectivity index (χ3v) is 2.37. The van der Waals surface area contributed by atoms with E-state index in [0.29, 0.717) is 17.0 Å². The van der Waals surface area contributed by atoms with Crippen molar-refractivity contribution < 1.29 is 18.3 Å². The molecule has 1 N–H and O–H groups in total. The van der Waals surface area contributed by atoms with Crippen LogP contribution in [0, 0.1) is 0 Å². The van der Waals surface area contributed by atoms with Crippen LogP contribution in [0.4, 0.5) is 13.2 Å². The van der Waals surface area contributed by atoms with Crippen LogP contribution < -0.4 is 0 Å². The number of aliphatic hydroxyl groups excluding tert-OH is 1. The second-order valence-corrected chi connectivity index (χ2v) is 3.63. The first kappa shape index (κ1) is 12.5. The summed E-state index contributed by atoms with van der Waals surface area (Å²) in [6.07, 6.45) is -2.14. The Morgan fingerprint density at radius 1 is 1.00 bits per heavy atom. The standard InChI is InChI=1S/C12H9F3N2O/c13-12(14,15)9-2-4-11(17-6-9)8-1-3-10(7-18)16-5-8/h1-6,18H,7H2. The monoisotopic (exact) mass is 254 g/mol. The van der Waals surface area contributed by atoms with Gasteiger partial charge in [-0.15, -0.1) is 0 Å². The molecule has 0 bridgehead atoms. The molecule has 0 spiro atoms. The lowest BCUT2D eigenvalue weighted by molar-refractivity contribution is -0.137. The maximum absolute atomic E-state index is 12.3. The van der Waals surface area contributed by atoms with Gasteiger partial charge >= 0.3 is 6.18 Å². The molecule has 3 nitrogen and oxygen atoms in total. The van der Waals surface area contributed by atoms with Gasteiger partial charge in [0.2, 0.25) is 0 Å². The Labute approximate surface area is 101 Å². The number of pyridine rings is 2. The summed E-state index contributed by atoms with van der Waals surface area (Å²) in [6, 6.07) is 5.50. The van der Waals surface area contributed by atoms with Gasteiger partial charge in [-0.3, -0.25) is 9.97 Å². The van der Waals surface area contributed by atoms with Crippen molar-refractivity contribution in [3.05, 3.63) is 47.9 Å². The average Bonchev–Trinajstić information content (AvgIpc) is 2.38. The predicted molar refractivity (Wildman–Crippen MR) is 58.4 cm³/mol. The van der Waals surface area contributed by atoms with Gasteiger partial charge in [-0.1, -0.05) is 0 Å². The third kappa shape index (κ3) is 2.65. The van der Waals surface area contributed by atoms with E-state index in [1.165, 1.54) is 12.3 Å². The number of hydrogen-bond acceptors (Lipinski definition) is 3. The Balaban J connectivity index is 2.28. The fourth-order valence-electron chi connectivity index (χ4n) is 1.40. The normalized spacial score (nSPS) is 11.6. The van der Waals surface area contributed by atoms with E-state index in [-0.39, 0.29) is 6.61 Å². The van der Waals surface area contributed by atoms with Crippen molar-refractivity contribution in [2.24, 2.45) is 0 Å². The molecule has 0 fully saturated rings. The van der Waals surface area contributed by atoms with Gasteiger partial charge in [0.25, 0.3) is 0 Å². The lowest BCUT2D eigenvalue weighted by Gasteiger charge is -2.07. The molecule has 0 aliphatic carbocycles. The zero-order valence-electron chi connectivity index (χ0n) is 9.15. The number of nitrogens with zero attached hydrogens (tertiary/aromatic N) is 2. The average molecular weight is 254 g/mol. The minimum Gasteiger partial charge on any atom is -0.390 e. The predicted octanol–water partition coefficient (Wildman–Crippen LogP) is 2.65. The van der Waals surface area contributed by atoms with Crippen LogP contribution in [0.3, 0.4) is 0 Å². The van der Waals surface area contributed by atoms with Gasteiger partial charge in [0.1, 0.15) is 0 Å². The third-order valence-electron chi connectivity index (χ3n) is 2.37. The van der Waals surface area contributed by atoms with E-state index in [4.69, 9.17) is 5.11 Å². The van der Waals surface area contributed by atoms with Crippen LogP contribution in [-0.2, 0) is 12.8 Å². The van der Waals surface area contributed by atoms with E-state index in [0.717, 1.165) is 12.3 Å². The largest absolute Gasteiger partial charge is 0.417 e. The second-order valence-electron chi connectivity index (χ2n) is 3.63. The molecule has 2 aromatic rings. The van der Waals surface area contributed by atoms with Gasteiger partial charge in [0.15, 0.2) is 0 Å². The summed E-state index contributed by atoms with van der Waals surface area (Å²) in [6.45, 7) is -0.180. The van der Waals surface area contributed by atoms with Crippen LogP contribution in [-0.4, -0.2) is 15.1 Å². The van der Waals surface area contributed by atoms with Crippen molar-refractivity contribution in [3.8, 4) is 11.3 Å². The Bertz CT molecular complexity index is 521. The molecular weight excluding hydrogens is 245 g/mol. The molecule has 2 aromatic heterocycles. The first-order valence-corrected chi connectivity index (χ1v) is 5.10. The van der Waals surface area contributed by atoms with Crippen LogP contribution in [0.5, 0.6) is 0 Å². The molecule has 2 heterocycles. The van der Waals surface area contributed by atoms with E-state index in [9.17, 15) is 13.2 Å². The summed E-state index contributed by atoms with van der Waals surface area (Å²) in [4.78, 5) is 7.68. The molecule has 0 atom stereocenters. The molecule has 18 heavy (non-hydrogen) atoms. The number of halogens is 3. The fourth-order valence-corrected chi connectivity index (χ4v) is 1.40.